The Morgan fingerprint density at radius 3 is 1.76 bits per heavy atom. The number of benzene rings is 3. The van der Waals surface area contributed by atoms with Gasteiger partial charge in [-0.2, -0.15) is 13.2 Å². The number of halogens is 3. The quantitative estimate of drug-likeness (QED) is 0.454. The molecule has 0 nitrogen and oxygen atoms in total. The first-order valence-corrected chi connectivity index (χ1v) is 8.86. The van der Waals surface area contributed by atoms with E-state index in [9.17, 15) is 13.2 Å². The van der Waals surface area contributed by atoms with Crippen LogP contribution in [0.3, 0.4) is 0 Å². The molecule has 4 heteroatoms. The normalized spacial score (nSPS) is 11.5. The highest BCUT2D eigenvalue weighted by Gasteiger charge is 2.29. The fraction of sp³-hybridized carbons (Fsp3) is 0.143. The first-order chi connectivity index (χ1) is 11.9. The van der Waals surface area contributed by atoms with Gasteiger partial charge >= 0.3 is 6.18 Å². The Kier molecular flexibility index (Phi) is 5.19. The van der Waals surface area contributed by atoms with E-state index in [1.165, 1.54) is 23.3 Å². The Balaban J connectivity index is 1.66. The van der Waals surface area contributed by atoms with Crippen LogP contribution < -0.4 is 0 Å². The Hall–Kier alpha value is -2.20. The average Bonchev–Trinajstić information content (AvgIpc) is 2.61. The highest BCUT2D eigenvalue weighted by molar-refractivity contribution is 7.98. The van der Waals surface area contributed by atoms with Gasteiger partial charge in [-0.15, -0.1) is 11.8 Å². The Morgan fingerprint density at radius 2 is 1.24 bits per heavy atom. The zero-order chi connectivity index (χ0) is 17.9. The molecule has 3 rings (SSSR count). The Morgan fingerprint density at radius 1 is 0.720 bits per heavy atom. The van der Waals surface area contributed by atoms with E-state index in [1.54, 1.807) is 11.8 Å². The van der Waals surface area contributed by atoms with Crippen molar-refractivity contribution in [3.63, 3.8) is 0 Å². The molecule has 0 bridgehead atoms. The predicted molar refractivity (Wildman–Crippen MR) is 97.6 cm³/mol. The first kappa shape index (κ1) is 17.6. The van der Waals surface area contributed by atoms with E-state index in [4.69, 9.17) is 0 Å². The smallest absolute Gasteiger partial charge is 0.166 e. The fourth-order valence-electron chi connectivity index (χ4n) is 2.45. The molecule has 3 aromatic carbocycles. The molecule has 0 fully saturated rings. The van der Waals surface area contributed by atoms with Gasteiger partial charge in [0.15, 0.2) is 0 Å². The standard InChI is InChI=1S/C21H17F3S/c1-15-2-4-16(5-3-15)14-25-20-12-8-18(9-13-20)17-6-10-19(11-7-17)21(22,23)24/h2-13H,14H2,1H3. The Labute approximate surface area is 149 Å². The van der Waals surface area contributed by atoms with Gasteiger partial charge in [0.25, 0.3) is 0 Å². The highest BCUT2D eigenvalue weighted by Crippen LogP contribution is 2.31. The van der Waals surface area contributed by atoms with E-state index in [0.717, 1.165) is 33.9 Å². The summed E-state index contributed by atoms with van der Waals surface area (Å²) in [6, 6.07) is 21.6. The number of hydrogen-bond donors (Lipinski definition) is 0. The summed E-state index contributed by atoms with van der Waals surface area (Å²) in [5.74, 6) is 0.889. The second-order valence-electron chi connectivity index (χ2n) is 5.87. The molecule has 0 heterocycles. The molecule has 0 saturated heterocycles. The minimum absolute atomic E-state index is 0.624. The lowest BCUT2D eigenvalue weighted by atomic mass is 10.0. The second kappa shape index (κ2) is 7.36. The molecule has 0 saturated carbocycles. The number of aryl methyl sites for hydroxylation is 1. The van der Waals surface area contributed by atoms with E-state index in [-0.39, 0.29) is 0 Å². The van der Waals surface area contributed by atoms with E-state index in [1.807, 2.05) is 24.3 Å². The van der Waals surface area contributed by atoms with E-state index >= 15 is 0 Å². The predicted octanol–water partition coefficient (Wildman–Crippen LogP) is 6.97. The van der Waals surface area contributed by atoms with Gasteiger partial charge in [0.05, 0.1) is 5.56 Å². The lowest BCUT2D eigenvalue weighted by Gasteiger charge is -2.08. The molecular weight excluding hydrogens is 341 g/mol. The molecule has 0 N–H and O–H groups in total. The molecule has 0 amide bonds. The molecule has 0 aliphatic rings. The number of rotatable bonds is 4. The zero-order valence-electron chi connectivity index (χ0n) is 13.7. The maximum absolute atomic E-state index is 12.6. The average molecular weight is 358 g/mol. The lowest BCUT2D eigenvalue weighted by molar-refractivity contribution is -0.137. The van der Waals surface area contributed by atoms with E-state index in [0.29, 0.717) is 0 Å². The monoisotopic (exact) mass is 358 g/mol. The summed E-state index contributed by atoms with van der Waals surface area (Å²) >= 11 is 1.74. The third kappa shape index (κ3) is 4.67. The molecule has 0 aliphatic carbocycles. The molecular formula is C21H17F3S. The van der Waals surface area contributed by atoms with Crippen molar-refractivity contribution >= 4 is 11.8 Å². The van der Waals surface area contributed by atoms with Crippen molar-refractivity contribution in [1.29, 1.82) is 0 Å². The number of hydrogen-bond acceptors (Lipinski definition) is 1. The maximum Gasteiger partial charge on any atom is 0.416 e. The van der Waals surface area contributed by atoms with Gasteiger partial charge < -0.3 is 0 Å². The number of thioether (sulfide) groups is 1. The van der Waals surface area contributed by atoms with Crippen molar-refractivity contribution < 1.29 is 13.2 Å². The van der Waals surface area contributed by atoms with Crippen LogP contribution in [0.15, 0.2) is 77.7 Å². The topological polar surface area (TPSA) is 0 Å². The molecule has 0 atom stereocenters. The van der Waals surface area contributed by atoms with Gasteiger partial charge in [-0.05, 0) is 47.9 Å². The molecule has 0 aliphatic heterocycles. The van der Waals surface area contributed by atoms with Crippen molar-refractivity contribution in [2.45, 2.75) is 23.7 Å². The summed E-state index contributed by atoms with van der Waals surface area (Å²) in [5.41, 5.74) is 3.58. The van der Waals surface area contributed by atoms with E-state index in [2.05, 4.69) is 31.2 Å². The molecule has 0 spiro atoms. The van der Waals surface area contributed by atoms with Gasteiger partial charge in [0, 0.05) is 10.6 Å². The van der Waals surface area contributed by atoms with Gasteiger partial charge in [-0.25, -0.2) is 0 Å². The minimum Gasteiger partial charge on any atom is -0.166 e. The lowest BCUT2D eigenvalue weighted by Crippen LogP contribution is -2.03. The summed E-state index contributed by atoms with van der Waals surface area (Å²) in [4.78, 5) is 1.14. The first-order valence-electron chi connectivity index (χ1n) is 7.88. The van der Waals surface area contributed by atoms with E-state index < -0.39 is 11.7 Å². The van der Waals surface area contributed by atoms with Crippen molar-refractivity contribution in [2.75, 3.05) is 0 Å². The van der Waals surface area contributed by atoms with Crippen LogP contribution in [0.25, 0.3) is 11.1 Å². The fourth-order valence-corrected chi connectivity index (χ4v) is 3.30. The zero-order valence-corrected chi connectivity index (χ0v) is 14.5. The van der Waals surface area contributed by atoms with Gasteiger partial charge in [-0.3, -0.25) is 0 Å². The van der Waals surface area contributed by atoms with Crippen LogP contribution in [-0.4, -0.2) is 0 Å². The van der Waals surface area contributed by atoms with Gasteiger partial charge in [-0.1, -0.05) is 54.1 Å². The summed E-state index contributed by atoms with van der Waals surface area (Å²) in [5, 5.41) is 0. The van der Waals surface area contributed by atoms with Crippen LogP contribution in [0.5, 0.6) is 0 Å². The van der Waals surface area contributed by atoms with Crippen LogP contribution in [-0.2, 0) is 11.9 Å². The van der Waals surface area contributed by atoms with Gasteiger partial charge in [0.1, 0.15) is 0 Å². The van der Waals surface area contributed by atoms with Crippen LogP contribution >= 0.6 is 11.8 Å². The molecule has 0 aromatic heterocycles. The largest absolute Gasteiger partial charge is 0.416 e. The summed E-state index contributed by atoms with van der Waals surface area (Å²) < 4.78 is 37.9. The Bertz CT molecular complexity index is 817. The molecule has 0 unspecified atom stereocenters. The molecule has 0 radical (unpaired) electrons. The summed E-state index contributed by atoms with van der Waals surface area (Å²) in [7, 11) is 0. The van der Waals surface area contributed by atoms with Crippen molar-refractivity contribution in [3.05, 3.63) is 89.5 Å². The third-order valence-corrected chi connectivity index (χ3v) is 5.01. The molecule has 128 valence electrons. The highest BCUT2D eigenvalue weighted by atomic mass is 32.2. The molecule has 25 heavy (non-hydrogen) atoms. The van der Waals surface area contributed by atoms with Crippen molar-refractivity contribution in [2.24, 2.45) is 0 Å². The molecule has 3 aromatic rings. The second-order valence-corrected chi connectivity index (χ2v) is 6.92. The summed E-state index contributed by atoms with van der Waals surface area (Å²) in [6.45, 7) is 2.07. The van der Waals surface area contributed by atoms with Gasteiger partial charge in [0.2, 0.25) is 0 Å². The van der Waals surface area contributed by atoms with Crippen molar-refractivity contribution in [1.82, 2.24) is 0 Å². The maximum atomic E-state index is 12.6. The minimum atomic E-state index is -4.30. The third-order valence-electron chi connectivity index (χ3n) is 3.93. The summed E-state index contributed by atoms with van der Waals surface area (Å²) in [6.07, 6.45) is -4.30. The van der Waals surface area contributed by atoms with Crippen LogP contribution in [0.4, 0.5) is 13.2 Å². The van der Waals surface area contributed by atoms with Crippen LogP contribution in [0, 0.1) is 6.92 Å². The van der Waals surface area contributed by atoms with Crippen molar-refractivity contribution in [3.8, 4) is 11.1 Å². The SMILES string of the molecule is Cc1ccc(CSc2ccc(-c3ccc(C(F)(F)F)cc3)cc2)cc1. The number of alkyl halides is 3. The van der Waals surface area contributed by atoms with Crippen LogP contribution in [0.2, 0.25) is 0 Å². The van der Waals surface area contributed by atoms with Crippen LogP contribution in [0.1, 0.15) is 16.7 Å².